The molecule has 0 radical (unpaired) electrons. The van der Waals surface area contributed by atoms with Gasteiger partial charge in [0.2, 0.25) is 5.91 Å². The van der Waals surface area contributed by atoms with Crippen LogP contribution in [0.2, 0.25) is 0 Å². The van der Waals surface area contributed by atoms with Crippen molar-refractivity contribution in [2.75, 3.05) is 32.7 Å². The molecular formula is C11H20N4O2. The topological polar surface area (TPSA) is 78.7 Å². The second-order valence-corrected chi connectivity index (χ2v) is 4.66. The van der Waals surface area contributed by atoms with Crippen molar-refractivity contribution < 1.29 is 9.59 Å². The highest BCUT2D eigenvalue weighted by Gasteiger charge is 2.37. The highest BCUT2D eigenvalue weighted by atomic mass is 16.2. The van der Waals surface area contributed by atoms with Crippen LogP contribution in [0.3, 0.4) is 0 Å². The minimum absolute atomic E-state index is 0.00651. The first-order valence-electron chi connectivity index (χ1n) is 6.20. The van der Waals surface area contributed by atoms with Gasteiger partial charge in [-0.1, -0.05) is 6.92 Å². The fraction of sp³-hybridized carbons (Fsp3) is 0.818. The molecule has 0 spiro atoms. The van der Waals surface area contributed by atoms with Crippen molar-refractivity contribution in [3.8, 4) is 0 Å². The fourth-order valence-electron chi connectivity index (χ4n) is 2.50. The summed E-state index contributed by atoms with van der Waals surface area (Å²) in [6.45, 7) is 4.91. The molecule has 2 heterocycles. The lowest BCUT2D eigenvalue weighted by molar-refractivity contribution is -0.137. The highest BCUT2D eigenvalue weighted by molar-refractivity contribution is 5.81. The average Bonchev–Trinajstić information content (AvgIpc) is 2.72. The Morgan fingerprint density at radius 3 is 3.00 bits per heavy atom. The Kier molecular flexibility index (Phi) is 3.51. The largest absolute Gasteiger partial charge is 0.339 e. The molecule has 0 aromatic carbocycles. The lowest BCUT2D eigenvalue weighted by atomic mass is 10.0. The number of nitrogens with two attached hydrogens (primary N) is 1. The number of rotatable bonds is 3. The Hall–Kier alpha value is -1.30. The van der Waals surface area contributed by atoms with E-state index in [1.807, 2.05) is 16.7 Å². The molecule has 3 N–H and O–H groups in total. The predicted molar refractivity (Wildman–Crippen MR) is 63.3 cm³/mol. The summed E-state index contributed by atoms with van der Waals surface area (Å²) in [6.07, 6.45) is 0.775. The highest BCUT2D eigenvalue weighted by Crippen LogP contribution is 2.16. The van der Waals surface area contributed by atoms with Gasteiger partial charge < -0.3 is 20.9 Å². The minimum Gasteiger partial charge on any atom is -0.339 e. The molecule has 17 heavy (non-hydrogen) atoms. The summed E-state index contributed by atoms with van der Waals surface area (Å²) >= 11 is 0. The van der Waals surface area contributed by atoms with Crippen LogP contribution in [-0.4, -0.2) is 60.5 Å². The molecule has 0 saturated carbocycles. The number of hydrogen-bond donors (Lipinski definition) is 2. The third-order valence-electron chi connectivity index (χ3n) is 3.67. The van der Waals surface area contributed by atoms with Crippen LogP contribution in [0.25, 0.3) is 0 Å². The van der Waals surface area contributed by atoms with Gasteiger partial charge in [0.25, 0.3) is 0 Å². The maximum Gasteiger partial charge on any atom is 0.317 e. The molecule has 2 saturated heterocycles. The number of urea groups is 1. The summed E-state index contributed by atoms with van der Waals surface area (Å²) in [6, 6.07) is 0.128. The Morgan fingerprint density at radius 2 is 2.35 bits per heavy atom. The molecule has 3 amide bonds. The predicted octanol–water partition coefficient (Wildman–Crippen LogP) is -0.793. The van der Waals surface area contributed by atoms with Crippen LogP contribution in [0.15, 0.2) is 0 Å². The van der Waals surface area contributed by atoms with E-state index in [2.05, 4.69) is 5.32 Å². The van der Waals surface area contributed by atoms with E-state index in [0.717, 1.165) is 6.42 Å². The Morgan fingerprint density at radius 1 is 1.59 bits per heavy atom. The quantitative estimate of drug-likeness (QED) is 0.678. The van der Waals surface area contributed by atoms with Gasteiger partial charge in [-0.2, -0.15) is 0 Å². The summed E-state index contributed by atoms with van der Waals surface area (Å²) in [5.41, 5.74) is 5.60. The molecule has 6 nitrogen and oxygen atoms in total. The van der Waals surface area contributed by atoms with Crippen molar-refractivity contribution in [2.45, 2.75) is 19.4 Å². The van der Waals surface area contributed by atoms with Crippen LogP contribution < -0.4 is 11.1 Å². The standard InChI is InChI=1S/C11H20N4O2/c1-2-8(5-12)10(16)14-3-4-15-9(7-14)6-13-11(15)17/h8-9H,2-7,12H2,1H3,(H,13,17). The molecule has 0 bridgehead atoms. The first kappa shape index (κ1) is 12.2. The molecule has 96 valence electrons. The van der Waals surface area contributed by atoms with Gasteiger partial charge in [-0.25, -0.2) is 4.79 Å². The first-order valence-corrected chi connectivity index (χ1v) is 6.20. The molecule has 6 heteroatoms. The van der Waals surface area contributed by atoms with Gasteiger partial charge in [-0.3, -0.25) is 4.79 Å². The minimum atomic E-state index is -0.0772. The van der Waals surface area contributed by atoms with E-state index in [9.17, 15) is 9.59 Å². The monoisotopic (exact) mass is 240 g/mol. The van der Waals surface area contributed by atoms with Gasteiger partial charge in [-0.15, -0.1) is 0 Å². The van der Waals surface area contributed by atoms with E-state index >= 15 is 0 Å². The van der Waals surface area contributed by atoms with E-state index in [4.69, 9.17) is 5.73 Å². The Bertz CT molecular complexity index is 317. The number of nitrogens with zero attached hydrogens (tertiary/aromatic N) is 2. The number of nitrogens with one attached hydrogen (secondary N) is 1. The SMILES string of the molecule is CCC(CN)C(=O)N1CCN2C(=O)NCC2C1. The maximum atomic E-state index is 12.2. The van der Waals surface area contributed by atoms with Crippen LogP contribution in [-0.2, 0) is 4.79 Å². The molecule has 2 fully saturated rings. The second-order valence-electron chi connectivity index (χ2n) is 4.66. The van der Waals surface area contributed by atoms with Crippen LogP contribution in [0.5, 0.6) is 0 Å². The molecule has 2 aliphatic rings. The van der Waals surface area contributed by atoms with Gasteiger partial charge in [-0.05, 0) is 6.42 Å². The molecule has 0 aliphatic carbocycles. The van der Waals surface area contributed by atoms with Gasteiger partial charge in [0.1, 0.15) is 0 Å². The van der Waals surface area contributed by atoms with E-state index in [0.29, 0.717) is 32.7 Å². The Labute approximate surface area is 101 Å². The zero-order chi connectivity index (χ0) is 12.4. The van der Waals surface area contributed by atoms with Crippen LogP contribution in [0, 0.1) is 5.92 Å². The van der Waals surface area contributed by atoms with Crippen molar-refractivity contribution in [1.82, 2.24) is 15.1 Å². The van der Waals surface area contributed by atoms with Gasteiger partial charge in [0.05, 0.1) is 12.0 Å². The second kappa shape index (κ2) is 4.91. The van der Waals surface area contributed by atoms with Gasteiger partial charge in [0, 0.05) is 32.7 Å². The summed E-state index contributed by atoms with van der Waals surface area (Å²) in [5, 5.41) is 2.80. The number of piperazine rings is 1. The number of carbonyl (C=O) groups excluding carboxylic acids is 2. The van der Waals surface area contributed by atoms with E-state index < -0.39 is 0 Å². The van der Waals surface area contributed by atoms with Crippen LogP contribution >= 0.6 is 0 Å². The van der Waals surface area contributed by atoms with Crippen molar-refractivity contribution >= 4 is 11.9 Å². The number of amides is 3. The van der Waals surface area contributed by atoms with Crippen LogP contribution in [0.4, 0.5) is 4.79 Å². The van der Waals surface area contributed by atoms with Gasteiger partial charge in [0.15, 0.2) is 0 Å². The third-order valence-corrected chi connectivity index (χ3v) is 3.67. The van der Waals surface area contributed by atoms with E-state index in [1.54, 1.807) is 0 Å². The van der Waals surface area contributed by atoms with E-state index in [-0.39, 0.29) is 23.9 Å². The van der Waals surface area contributed by atoms with E-state index in [1.165, 1.54) is 0 Å². The molecule has 0 aromatic rings. The molecule has 2 unspecified atom stereocenters. The lowest BCUT2D eigenvalue weighted by Gasteiger charge is -2.37. The van der Waals surface area contributed by atoms with Crippen molar-refractivity contribution in [3.05, 3.63) is 0 Å². The lowest BCUT2D eigenvalue weighted by Crippen LogP contribution is -2.55. The molecular weight excluding hydrogens is 220 g/mol. The Balaban J connectivity index is 1.97. The molecule has 2 aliphatic heterocycles. The number of carbonyl (C=O) groups is 2. The van der Waals surface area contributed by atoms with Crippen LogP contribution in [0.1, 0.15) is 13.3 Å². The molecule has 0 aromatic heterocycles. The zero-order valence-corrected chi connectivity index (χ0v) is 10.2. The average molecular weight is 240 g/mol. The summed E-state index contributed by atoms with van der Waals surface area (Å²) in [5.74, 6) is 0.0561. The smallest absolute Gasteiger partial charge is 0.317 e. The first-order chi connectivity index (χ1) is 8.17. The normalized spacial score (nSPS) is 25.5. The fourth-order valence-corrected chi connectivity index (χ4v) is 2.50. The summed E-state index contributed by atoms with van der Waals surface area (Å²) in [7, 11) is 0. The van der Waals surface area contributed by atoms with Crippen molar-refractivity contribution in [1.29, 1.82) is 0 Å². The zero-order valence-electron chi connectivity index (χ0n) is 10.2. The number of fused-ring (bicyclic) bond motifs is 1. The van der Waals surface area contributed by atoms with Gasteiger partial charge >= 0.3 is 6.03 Å². The molecule has 2 atom stereocenters. The number of hydrogen-bond acceptors (Lipinski definition) is 3. The summed E-state index contributed by atoms with van der Waals surface area (Å²) < 4.78 is 0. The third kappa shape index (κ3) is 2.22. The summed E-state index contributed by atoms with van der Waals surface area (Å²) in [4.78, 5) is 27.2. The van der Waals surface area contributed by atoms with Crippen molar-refractivity contribution in [3.63, 3.8) is 0 Å². The molecule has 2 rings (SSSR count). The van der Waals surface area contributed by atoms with Crippen molar-refractivity contribution in [2.24, 2.45) is 11.7 Å². The maximum absolute atomic E-state index is 12.2.